The Hall–Kier alpha value is -3.69. The van der Waals surface area contributed by atoms with Gasteiger partial charge in [0.2, 0.25) is 0 Å². The van der Waals surface area contributed by atoms with Crippen LogP contribution in [-0.2, 0) is 9.53 Å². The molecule has 1 aromatic heterocycles. The van der Waals surface area contributed by atoms with Gasteiger partial charge in [-0.1, -0.05) is 37.6 Å². The third-order valence-corrected chi connectivity index (χ3v) is 7.23. The SMILES string of the molecule is COC(=O)[C@H](C)Oc1c(Cl)cc(C=Nn2c(-c3cc(C(C)C)c(OC)cc3C)nc3ccccc3c2=O)cc1Br. The first-order valence-electron chi connectivity index (χ1n) is 12.5. The Morgan fingerprint density at radius 3 is 2.50 bits per heavy atom. The Morgan fingerprint density at radius 2 is 1.85 bits per heavy atom. The van der Waals surface area contributed by atoms with E-state index in [1.165, 1.54) is 18.0 Å². The largest absolute Gasteiger partial charge is 0.496 e. The highest BCUT2D eigenvalue weighted by molar-refractivity contribution is 9.10. The van der Waals surface area contributed by atoms with Gasteiger partial charge in [0.1, 0.15) is 5.75 Å². The summed E-state index contributed by atoms with van der Waals surface area (Å²) in [4.78, 5) is 30.3. The third-order valence-electron chi connectivity index (χ3n) is 6.36. The maximum Gasteiger partial charge on any atom is 0.346 e. The van der Waals surface area contributed by atoms with Crippen molar-refractivity contribution in [3.8, 4) is 22.9 Å². The molecule has 8 nitrogen and oxygen atoms in total. The van der Waals surface area contributed by atoms with Gasteiger partial charge in [0.05, 0.1) is 40.8 Å². The van der Waals surface area contributed by atoms with Crippen molar-refractivity contribution in [2.24, 2.45) is 5.10 Å². The van der Waals surface area contributed by atoms with Crippen molar-refractivity contribution in [3.05, 3.63) is 85.1 Å². The Labute approximate surface area is 245 Å². The molecule has 0 amide bonds. The fraction of sp³-hybridized carbons (Fsp3) is 0.267. The zero-order chi connectivity index (χ0) is 29.1. The normalized spacial score (nSPS) is 12.2. The molecule has 4 rings (SSSR count). The first-order chi connectivity index (χ1) is 19.0. The number of para-hydroxylation sites is 1. The van der Waals surface area contributed by atoms with E-state index in [9.17, 15) is 9.59 Å². The van der Waals surface area contributed by atoms with Crippen molar-refractivity contribution >= 4 is 50.6 Å². The van der Waals surface area contributed by atoms with Crippen LogP contribution in [0.5, 0.6) is 11.5 Å². The van der Waals surface area contributed by atoms with Crippen molar-refractivity contribution in [1.29, 1.82) is 0 Å². The molecule has 0 spiro atoms. The van der Waals surface area contributed by atoms with Crippen LogP contribution in [0.3, 0.4) is 0 Å². The zero-order valence-electron chi connectivity index (χ0n) is 23.0. The number of methoxy groups -OCH3 is 2. The van der Waals surface area contributed by atoms with Crippen LogP contribution in [0.4, 0.5) is 0 Å². The van der Waals surface area contributed by atoms with Gasteiger partial charge in [-0.3, -0.25) is 4.79 Å². The van der Waals surface area contributed by atoms with Crippen LogP contribution in [0.2, 0.25) is 5.02 Å². The molecule has 0 bridgehead atoms. The zero-order valence-corrected chi connectivity index (χ0v) is 25.3. The maximum atomic E-state index is 13.7. The Kier molecular flexibility index (Phi) is 8.95. The molecule has 0 aliphatic rings. The lowest BCUT2D eigenvalue weighted by Crippen LogP contribution is -2.25. The van der Waals surface area contributed by atoms with Gasteiger partial charge in [-0.25, -0.2) is 9.78 Å². The molecule has 208 valence electrons. The minimum absolute atomic E-state index is 0.181. The number of esters is 1. The number of fused-ring (bicyclic) bond motifs is 1. The molecule has 0 saturated carbocycles. The summed E-state index contributed by atoms with van der Waals surface area (Å²) in [5.41, 5.74) is 3.50. The average Bonchev–Trinajstić information content (AvgIpc) is 2.93. The van der Waals surface area contributed by atoms with Crippen molar-refractivity contribution < 1.29 is 19.0 Å². The van der Waals surface area contributed by atoms with Crippen LogP contribution in [0.25, 0.3) is 22.3 Å². The standard InChI is InChI=1S/C30H29BrClN3O5/c1-16(2)21-14-22(17(3)11-26(21)38-5)28-34-25-10-8-7-9-20(25)29(36)35(28)33-15-19-12-23(31)27(24(32)13-19)40-18(4)30(37)39-6/h7-16,18H,1-6H3/t18-/m0/s1. The van der Waals surface area contributed by atoms with Gasteiger partial charge in [-0.2, -0.15) is 9.78 Å². The quantitative estimate of drug-likeness (QED) is 0.159. The summed E-state index contributed by atoms with van der Waals surface area (Å²) >= 11 is 9.93. The first kappa shape index (κ1) is 29.3. The number of halogens is 2. The van der Waals surface area contributed by atoms with E-state index in [0.717, 1.165) is 22.4 Å². The van der Waals surface area contributed by atoms with Crippen molar-refractivity contribution in [1.82, 2.24) is 9.66 Å². The predicted octanol–water partition coefficient (Wildman–Crippen LogP) is 6.74. The number of aryl methyl sites for hydroxylation is 1. The van der Waals surface area contributed by atoms with Gasteiger partial charge in [-0.05, 0) is 88.8 Å². The highest BCUT2D eigenvalue weighted by Gasteiger charge is 2.20. The minimum atomic E-state index is -0.855. The van der Waals surface area contributed by atoms with Crippen molar-refractivity contribution in [2.45, 2.75) is 39.7 Å². The molecule has 0 fully saturated rings. The number of nitrogens with zero attached hydrogens (tertiary/aromatic N) is 3. The number of aromatic nitrogens is 2. The van der Waals surface area contributed by atoms with Crippen LogP contribution >= 0.6 is 27.5 Å². The molecule has 40 heavy (non-hydrogen) atoms. The molecular weight excluding hydrogens is 598 g/mol. The molecule has 0 saturated heterocycles. The molecule has 1 heterocycles. The second-order valence-corrected chi connectivity index (χ2v) is 10.7. The van der Waals surface area contributed by atoms with E-state index in [-0.39, 0.29) is 22.2 Å². The van der Waals surface area contributed by atoms with Gasteiger partial charge < -0.3 is 14.2 Å². The summed E-state index contributed by atoms with van der Waals surface area (Å²) in [6.45, 7) is 7.67. The van der Waals surface area contributed by atoms with Crippen molar-refractivity contribution in [3.63, 3.8) is 0 Å². The van der Waals surface area contributed by atoms with Crippen LogP contribution in [0.1, 0.15) is 43.4 Å². The molecule has 0 unspecified atom stereocenters. The fourth-order valence-electron chi connectivity index (χ4n) is 4.25. The summed E-state index contributed by atoms with van der Waals surface area (Å²) in [5.74, 6) is 1.12. The monoisotopic (exact) mass is 625 g/mol. The molecular formula is C30H29BrClN3O5. The van der Waals surface area contributed by atoms with Gasteiger partial charge in [0, 0.05) is 5.56 Å². The highest BCUT2D eigenvalue weighted by Crippen LogP contribution is 2.36. The van der Waals surface area contributed by atoms with E-state index in [4.69, 9.17) is 30.8 Å². The maximum absolute atomic E-state index is 13.7. The Bertz CT molecular complexity index is 1660. The highest BCUT2D eigenvalue weighted by atomic mass is 79.9. The lowest BCUT2D eigenvalue weighted by atomic mass is 9.96. The smallest absolute Gasteiger partial charge is 0.346 e. The van der Waals surface area contributed by atoms with Crippen LogP contribution in [-0.4, -0.2) is 42.2 Å². The molecule has 1 atom stereocenters. The number of ether oxygens (including phenoxy) is 3. The molecule has 0 aliphatic heterocycles. The summed E-state index contributed by atoms with van der Waals surface area (Å²) in [7, 11) is 2.93. The third kappa shape index (κ3) is 5.90. The first-order valence-corrected chi connectivity index (χ1v) is 13.7. The Morgan fingerprint density at radius 1 is 1.12 bits per heavy atom. The second kappa shape index (κ2) is 12.2. The number of carbonyl (C=O) groups excluding carboxylic acids is 1. The number of hydrogen-bond donors (Lipinski definition) is 0. The summed E-state index contributed by atoms with van der Waals surface area (Å²) in [6.07, 6.45) is 0.667. The molecule has 3 aromatic carbocycles. The Balaban J connectivity index is 1.86. The molecule has 0 radical (unpaired) electrons. The summed E-state index contributed by atoms with van der Waals surface area (Å²) < 4.78 is 17.8. The fourth-order valence-corrected chi connectivity index (χ4v) is 5.21. The van der Waals surface area contributed by atoms with Crippen LogP contribution in [0, 0.1) is 6.92 Å². The topological polar surface area (TPSA) is 92.0 Å². The van der Waals surface area contributed by atoms with E-state index < -0.39 is 12.1 Å². The van der Waals surface area contributed by atoms with Gasteiger partial charge >= 0.3 is 5.97 Å². The summed E-state index contributed by atoms with van der Waals surface area (Å²) in [5, 5.41) is 5.26. The van der Waals surface area contributed by atoms with E-state index in [1.54, 1.807) is 44.4 Å². The molecule has 0 N–H and O–H groups in total. The molecule has 10 heteroatoms. The average molecular weight is 627 g/mol. The minimum Gasteiger partial charge on any atom is -0.496 e. The van der Waals surface area contributed by atoms with E-state index in [2.05, 4.69) is 34.9 Å². The number of benzene rings is 3. The van der Waals surface area contributed by atoms with Crippen molar-refractivity contribution in [2.75, 3.05) is 14.2 Å². The van der Waals surface area contributed by atoms with E-state index in [0.29, 0.717) is 26.8 Å². The van der Waals surface area contributed by atoms with Crippen LogP contribution < -0.4 is 15.0 Å². The number of hydrogen-bond acceptors (Lipinski definition) is 7. The van der Waals surface area contributed by atoms with Crippen LogP contribution in [0.15, 0.2) is 62.9 Å². The van der Waals surface area contributed by atoms with Gasteiger partial charge in [-0.15, -0.1) is 0 Å². The van der Waals surface area contributed by atoms with Gasteiger partial charge in [0.15, 0.2) is 17.7 Å². The van der Waals surface area contributed by atoms with E-state index in [1.807, 2.05) is 25.1 Å². The lowest BCUT2D eigenvalue weighted by Gasteiger charge is -2.17. The molecule has 0 aliphatic carbocycles. The number of rotatable bonds is 8. The predicted molar refractivity (Wildman–Crippen MR) is 161 cm³/mol. The summed E-state index contributed by atoms with van der Waals surface area (Å²) in [6, 6.07) is 14.5. The lowest BCUT2D eigenvalue weighted by molar-refractivity contribution is -0.147. The second-order valence-electron chi connectivity index (χ2n) is 9.47. The van der Waals surface area contributed by atoms with Gasteiger partial charge in [0.25, 0.3) is 5.56 Å². The van der Waals surface area contributed by atoms with E-state index >= 15 is 0 Å². The molecule has 4 aromatic rings. The number of carbonyl (C=O) groups is 1.